The molecule has 106 valence electrons. The Balaban J connectivity index is 2.07. The van der Waals surface area contributed by atoms with Crippen LogP contribution in [-0.2, 0) is 0 Å². The first kappa shape index (κ1) is 13.2. The zero-order chi connectivity index (χ0) is 14.8. The number of anilines is 3. The normalized spacial score (nSPS) is 10.6. The predicted octanol–water partition coefficient (Wildman–Crippen LogP) is 3.74. The minimum absolute atomic E-state index is 0.497. The highest BCUT2D eigenvalue weighted by molar-refractivity contribution is 5.86. The fourth-order valence-electron chi connectivity index (χ4n) is 2.39. The second kappa shape index (κ2) is 5.32. The van der Waals surface area contributed by atoms with Crippen molar-refractivity contribution in [2.24, 2.45) is 0 Å². The Bertz CT molecular complexity index is 729. The third-order valence-corrected chi connectivity index (χ3v) is 3.59. The molecule has 0 aliphatic heterocycles. The molecule has 0 saturated carbocycles. The molecule has 0 spiro atoms. The Hall–Kier alpha value is -2.75. The summed E-state index contributed by atoms with van der Waals surface area (Å²) in [6, 6.07) is 18.4. The van der Waals surface area contributed by atoms with E-state index in [-0.39, 0.29) is 0 Å². The number of H-pyrrole nitrogens is 1. The van der Waals surface area contributed by atoms with Gasteiger partial charge in [0.15, 0.2) is 5.82 Å². The lowest BCUT2D eigenvalue weighted by Crippen LogP contribution is -2.11. The van der Waals surface area contributed by atoms with E-state index in [2.05, 4.69) is 41.4 Å². The highest BCUT2D eigenvalue weighted by Gasteiger charge is 2.17. The van der Waals surface area contributed by atoms with E-state index in [0.29, 0.717) is 5.82 Å². The average molecular weight is 278 g/mol. The number of hydrogen-bond acceptors (Lipinski definition) is 3. The monoisotopic (exact) mass is 278 g/mol. The number of nitrogen functional groups attached to an aromatic ring is 1. The van der Waals surface area contributed by atoms with Gasteiger partial charge in [0.2, 0.25) is 0 Å². The molecule has 3 N–H and O–H groups in total. The maximum Gasteiger partial charge on any atom is 0.169 e. The molecule has 0 saturated heterocycles. The predicted molar refractivity (Wildman–Crippen MR) is 87.7 cm³/mol. The van der Waals surface area contributed by atoms with Crippen molar-refractivity contribution in [1.29, 1.82) is 0 Å². The van der Waals surface area contributed by atoms with Gasteiger partial charge in [-0.15, -0.1) is 0 Å². The van der Waals surface area contributed by atoms with Crippen LogP contribution in [0.4, 0.5) is 17.2 Å². The second-order valence-electron chi connectivity index (χ2n) is 5.09. The van der Waals surface area contributed by atoms with Crippen LogP contribution < -0.4 is 10.6 Å². The lowest BCUT2D eigenvalue weighted by molar-refractivity contribution is 1.10. The number of aryl methyl sites for hydroxylation is 1. The Morgan fingerprint density at radius 1 is 1.00 bits per heavy atom. The summed E-state index contributed by atoms with van der Waals surface area (Å²) in [7, 11) is 1.99. The van der Waals surface area contributed by atoms with Crippen LogP contribution in [0, 0.1) is 6.92 Å². The van der Waals surface area contributed by atoms with Crippen molar-refractivity contribution >= 4 is 17.2 Å². The summed E-state index contributed by atoms with van der Waals surface area (Å²) in [6.07, 6.45) is 0. The summed E-state index contributed by atoms with van der Waals surface area (Å²) in [5.41, 5.74) is 11.3. The number of hydrogen-bond donors (Lipinski definition) is 2. The molecule has 1 heterocycles. The molecule has 0 aliphatic rings. The fourth-order valence-corrected chi connectivity index (χ4v) is 2.39. The van der Waals surface area contributed by atoms with Crippen molar-refractivity contribution in [3.05, 3.63) is 60.2 Å². The molecule has 0 fully saturated rings. The van der Waals surface area contributed by atoms with E-state index in [4.69, 9.17) is 5.73 Å². The number of benzene rings is 2. The second-order valence-corrected chi connectivity index (χ2v) is 5.09. The van der Waals surface area contributed by atoms with Gasteiger partial charge in [-0.2, -0.15) is 5.10 Å². The molecular weight excluding hydrogens is 260 g/mol. The van der Waals surface area contributed by atoms with Gasteiger partial charge in [-0.25, -0.2) is 0 Å². The van der Waals surface area contributed by atoms with Gasteiger partial charge in [-0.05, 0) is 19.1 Å². The fraction of sp³-hybridized carbons (Fsp3) is 0.118. The molecule has 1 aromatic heterocycles. The van der Waals surface area contributed by atoms with Crippen molar-refractivity contribution in [2.75, 3.05) is 17.7 Å². The largest absolute Gasteiger partial charge is 0.380 e. The molecule has 0 atom stereocenters. The first-order valence-electron chi connectivity index (χ1n) is 6.86. The Labute approximate surface area is 124 Å². The molecule has 0 unspecified atom stereocenters. The standard InChI is InChI=1S/C17H18N4/c1-12-8-10-13(11-9-12)15-16(17(18)20-19-15)21(2)14-6-4-3-5-7-14/h3-11H,1-2H3,(H3,18,19,20). The van der Waals surface area contributed by atoms with Gasteiger partial charge >= 0.3 is 0 Å². The van der Waals surface area contributed by atoms with Crippen molar-refractivity contribution < 1.29 is 0 Å². The van der Waals surface area contributed by atoms with Gasteiger partial charge in [0, 0.05) is 18.3 Å². The zero-order valence-corrected chi connectivity index (χ0v) is 12.2. The lowest BCUT2D eigenvalue weighted by atomic mass is 10.1. The molecule has 2 aromatic carbocycles. The van der Waals surface area contributed by atoms with E-state index < -0.39 is 0 Å². The van der Waals surface area contributed by atoms with Gasteiger partial charge < -0.3 is 10.6 Å². The number of aromatic nitrogens is 2. The smallest absolute Gasteiger partial charge is 0.169 e. The van der Waals surface area contributed by atoms with E-state index in [1.807, 2.05) is 42.3 Å². The van der Waals surface area contributed by atoms with E-state index in [0.717, 1.165) is 22.6 Å². The van der Waals surface area contributed by atoms with Crippen LogP contribution in [-0.4, -0.2) is 17.2 Å². The molecule has 0 aliphatic carbocycles. The minimum atomic E-state index is 0.497. The summed E-state index contributed by atoms with van der Waals surface area (Å²) in [5.74, 6) is 0.497. The molecule has 0 bridgehead atoms. The topological polar surface area (TPSA) is 57.9 Å². The SMILES string of the molecule is Cc1ccc(-c2[nH]nc(N)c2N(C)c2ccccc2)cc1. The molecule has 4 heteroatoms. The molecule has 0 amide bonds. The van der Waals surface area contributed by atoms with Crippen LogP contribution in [0.25, 0.3) is 11.3 Å². The van der Waals surface area contributed by atoms with E-state index in [1.165, 1.54) is 5.56 Å². The Morgan fingerprint density at radius 2 is 1.67 bits per heavy atom. The number of nitrogens with one attached hydrogen (secondary N) is 1. The molecule has 4 nitrogen and oxygen atoms in total. The quantitative estimate of drug-likeness (QED) is 0.767. The summed E-state index contributed by atoms with van der Waals surface area (Å²) in [6.45, 7) is 2.07. The van der Waals surface area contributed by atoms with Crippen molar-refractivity contribution in [3.8, 4) is 11.3 Å². The zero-order valence-electron chi connectivity index (χ0n) is 12.2. The summed E-state index contributed by atoms with van der Waals surface area (Å²) < 4.78 is 0. The van der Waals surface area contributed by atoms with E-state index in [9.17, 15) is 0 Å². The van der Waals surface area contributed by atoms with E-state index >= 15 is 0 Å². The average Bonchev–Trinajstić information content (AvgIpc) is 2.90. The van der Waals surface area contributed by atoms with Crippen LogP contribution in [0.5, 0.6) is 0 Å². The Morgan fingerprint density at radius 3 is 2.33 bits per heavy atom. The van der Waals surface area contributed by atoms with Gasteiger partial charge in [-0.3, -0.25) is 5.10 Å². The first-order chi connectivity index (χ1) is 10.2. The molecule has 0 radical (unpaired) electrons. The highest BCUT2D eigenvalue weighted by Crippen LogP contribution is 2.36. The summed E-state index contributed by atoms with van der Waals surface area (Å²) in [4.78, 5) is 2.05. The lowest BCUT2D eigenvalue weighted by Gasteiger charge is -2.20. The molecule has 21 heavy (non-hydrogen) atoms. The van der Waals surface area contributed by atoms with Crippen molar-refractivity contribution in [3.63, 3.8) is 0 Å². The van der Waals surface area contributed by atoms with Crippen LogP contribution in [0.3, 0.4) is 0 Å². The number of rotatable bonds is 3. The van der Waals surface area contributed by atoms with Gasteiger partial charge in [0.1, 0.15) is 5.69 Å². The molecular formula is C17H18N4. The van der Waals surface area contributed by atoms with Gasteiger partial charge in [0.05, 0.1) is 5.69 Å². The van der Waals surface area contributed by atoms with Crippen LogP contribution in [0.15, 0.2) is 54.6 Å². The van der Waals surface area contributed by atoms with Crippen molar-refractivity contribution in [2.45, 2.75) is 6.92 Å². The Kier molecular flexibility index (Phi) is 3.36. The van der Waals surface area contributed by atoms with Gasteiger partial charge in [0.25, 0.3) is 0 Å². The highest BCUT2D eigenvalue weighted by atomic mass is 15.2. The van der Waals surface area contributed by atoms with E-state index in [1.54, 1.807) is 0 Å². The van der Waals surface area contributed by atoms with Crippen LogP contribution >= 0.6 is 0 Å². The number of nitrogens with zero attached hydrogens (tertiary/aromatic N) is 2. The van der Waals surface area contributed by atoms with Gasteiger partial charge in [-0.1, -0.05) is 48.0 Å². The van der Waals surface area contributed by atoms with Crippen LogP contribution in [0.1, 0.15) is 5.56 Å². The number of aromatic amines is 1. The molecule has 3 aromatic rings. The molecule has 3 rings (SSSR count). The van der Waals surface area contributed by atoms with Crippen molar-refractivity contribution in [1.82, 2.24) is 10.2 Å². The number of para-hydroxylation sites is 1. The summed E-state index contributed by atoms with van der Waals surface area (Å²) in [5, 5.41) is 7.22. The minimum Gasteiger partial charge on any atom is -0.380 e. The summed E-state index contributed by atoms with van der Waals surface area (Å²) >= 11 is 0. The maximum absolute atomic E-state index is 6.06. The number of nitrogens with two attached hydrogens (primary N) is 1. The van der Waals surface area contributed by atoms with Crippen LogP contribution in [0.2, 0.25) is 0 Å². The third-order valence-electron chi connectivity index (χ3n) is 3.59. The first-order valence-corrected chi connectivity index (χ1v) is 6.86. The maximum atomic E-state index is 6.06. The third kappa shape index (κ3) is 2.48.